The van der Waals surface area contributed by atoms with E-state index < -0.39 is 6.10 Å². The molecule has 1 unspecified atom stereocenters. The Labute approximate surface area is 116 Å². The van der Waals surface area contributed by atoms with E-state index >= 15 is 0 Å². The maximum atomic E-state index is 10.4. The normalized spacial score (nSPS) is 16.8. The van der Waals surface area contributed by atoms with Crippen LogP contribution in [0.4, 0.5) is 0 Å². The second kappa shape index (κ2) is 4.65. The Morgan fingerprint density at radius 3 is 2.84 bits per heavy atom. The lowest BCUT2D eigenvalue weighted by Crippen LogP contribution is -2.11. The molecule has 2 aromatic heterocycles. The molecule has 0 spiro atoms. The fourth-order valence-corrected chi connectivity index (χ4v) is 2.66. The Morgan fingerprint density at radius 1 is 1.53 bits per heavy atom. The van der Waals surface area contributed by atoms with Gasteiger partial charge in [-0.25, -0.2) is 4.98 Å². The highest BCUT2D eigenvalue weighted by molar-refractivity contribution is 6.31. The maximum Gasteiger partial charge on any atom is 0.101 e. The number of nitrogens with zero attached hydrogens (tertiary/aromatic N) is 4. The van der Waals surface area contributed by atoms with Crippen molar-refractivity contribution in [2.75, 3.05) is 0 Å². The van der Waals surface area contributed by atoms with Crippen LogP contribution in [0.3, 0.4) is 0 Å². The second-order valence-corrected chi connectivity index (χ2v) is 5.52. The van der Waals surface area contributed by atoms with Crippen LogP contribution in [0, 0.1) is 6.92 Å². The predicted molar refractivity (Wildman–Crippen MR) is 72.1 cm³/mol. The first-order valence-electron chi connectivity index (χ1n) is 6.45. The van der Waals surface area contributed by atoms with Crippen LogP contribution in [0.5, 0.6) is 0 Å². The topological polar surface area (TPSA) is 55.9 Å². The number of aliphatic hydroxyl groups excluding tert-OH is 1. The van der Waals surface area contributed by atoms with Crippen molar-refractivity contribution in [3.05, 3.63) is 34.6 Å². The van der Waals surface area contributed by atoms with Crippen molar-refractivity contribution in [3.63, 3.8) is 0 Å². The highest BCUT2D eigenvalue weighted by Gasteiger charge is 2.28. The minimum absolute atomic E-state index is 0.453. The molecule has 102 valence electrons. The Bertz CT molecular complexity index is 600. The smallest absolute Gasteiger partial charge is 0.101 e. The van der Waals surface area contributed by atoms with Gasteiger partial charge in [0.1, 0.15) is 6.10 Å². The van der Waals surface area contributed by atoms with E-state index in [0.29, 0.717) is 17.5 Å². The summed E-state index contributed by atoms with van der Waals surface area (Å²) in [4.78, 5) is 4.14. The quantitative estimate of drug-likeness (QED) is 0.934. The first-order chi connectivity index (χ1) is 9.08. The zero-order valence-electron chi connectivity index (χ0n) is 11.0. The molecule has 0 aliphatic heterocycles. The SMILES string of the molecule is Cc1nn(C)c(CC(O)c2cncn2C2CC2)c1Cl. The molecule has 0 bridgehead atoms. The van der Waals surface area contributed by atoms with Crippen LogP contribution in [-0.2, 0) is 13.5 Å². The van der Waals surface area contributed by atoms with Crippen molar-refractivity contribution in [1.29, 1.82) is 0 Å². The molecule has 6 heteroatoms. The molecule has 3 rings (SSSR count). The summed E-state index contributed by atoms with van der Waals surface area (Å²) < 4.78 is 3.81. The van der Waals surface area contributed by atoms with E-state index in [1.165, 1.54) is 12.8 Å². The number of aryl methyl sites for hydroxylation is 2. The molecule has 1 aliphatic rings. The van der Waals surface area contributed by atoms with E-state index in [9.17, 15) is 5.11 Å². The Balaban J connectivity index is 1.84. The minimum atomic E-state index is -0.601. The number of hydrogen-bond acceptors (Lipinski definition) is 3. The zero-order chi connectivity index (χ0) is 13.6. The van der Waals surface area contributed by atoms with Crippen LogP contribution >= 0.6 is 11.6 Å². The van der Waals surface area contributed by atoms with Gasteiger partial charge in [0, 0.05) is 19.5 Å². The molecule has 1 fully saturated rings. The average molecular weight is 281 g/mol. The van der Waals surface area contributed by atoms with Gasteiger partial charge in [0.05, 0.1) is 34.6 Å². The molecule has 1 aliphatic carbocycles. The molecule has 2 aromatic rings. The van der Waals surface area contributed by atoms with E-state index in [1.54, 1.807) is 17.2 Å². The summed E-state index contributed by atoms with van der Waals surface area (Å²) in [5, 5.41) is 15.3. The molecule has 0 saturated heterocycles. The Hall–Kier alpha value is -1.33. The van der Waals surface area contributed by atoms with Gasteiger partial charge in [0.15, 0.2) is 0 Å². The van der Waals surface area contributed by atoms with Crippen LogP contribution in [0.1, 0.15) is 42.1 Å². The molecule has 1 saturated carbocycles. The van der Waals surface area contributed by atoms with Crippen molar-refractivity contribution in [2.45, 2.75) is 38.3 Å². The monoisotopic (exact) mass is 280 g/mol. The summed E-state index contributed by atoms with van der Waals surface area (Å²) in [6.07, 6.45) is 5.72. The van der Waals surface area contributed by atoms with Crippen molar-refractivity contribution in [2.24, 2.45) is 7.05 Å². The highest BCUT2D eigenvalue weighted by atomic mass is 35.5. The van der Waals surface area contributed by atoms with Gasteiger partial charge in [-0.05, 0) is 19.8 Å². The molecule has 5 nitrogen and oxygen atoms in total. The number of imidazole rings is 1. The van der Waals surface area contributed by atoms with Gasteiger partial charge in [-0.1, -0.05) is 11.6 Å². The molecule has 1 atom stereocenters. The van der Waals surface area contributed by atoms with E-state index in [4.69, 9.17) is 11.6 Å². The largest absolute Gasteiger partial charge is 0.386 e. The lowest BCUT2D eigenvalue weighted by atomic mass is 10.1. The third-order valence-electron chi connectivity index (χ3n) is 3.63. The highest BCUT2D eigenvalue weighted by Crippen LogP contribution is 2.37. The van der Waals surface area contributed by atoms with Crippen LogP contribution in [0.25, 0.3) is 0 Å². The number of aliphatic hydroxyl groups is 1. The lowest BCUT2D eigenvalue weighted by molar-refractivity contribution is 0.166. The van der Waals surface area contributed by atoms with Crippen LogP contribution in [0.15, 0.2) is 12.5 Å². The summed E-state index contributed by atoms with van der Waals surface area (Å²) >= 11 is 6.22. The van der Waals surface area contributed by atoms with E-state index in [-0.39, 0.29) is 0 Å². The molecule has 0 radical (unpaired) electrons. The maximum absolute atomic E-state index is 10.4. The molecule has 1 N–H and O–H groups in total. The van der Waals surface area contributed by atoms with Crippen LogP contribution < -0.4 is 0 Å². The second-order valence-electron chi connectivity index (χ2n) is 5.15. The predicted octanol–water partition coefficient (Wildman–Crippen LogP) is 2.19. The average Bonchev–Trinajstić information content (AvgIpc) is 3.06. The van der Waals surface area contributed by atoms with Crippen molar-refractivity contribution >= 4 is 11.6 Å². The van der Waals surface area contributed by atoms with Gasteiger partial charge in [-0.15, -0.1) is 0 Å². The van der Waals surface area contributed by atoms with E-state index in [1.807, 2.05) is 14.0 Å². The molecule has 2 heterocycles. The molecule has 0 amide bonds. The fourth-order valence-electron chi connectivity index (χ4n) is 2.42. The van der Waals surface area contributed by atoms with Gasteiger partial charge in [0.25, 0.3) is 0 Å². The van der Waals surface area contributed by atoms with Crippen molar-refractivity contribution < 1.29 is 5.11 Å². The Morgan fingerprint density at radius 2 is 2.26 bits per heavy atom. The number of rotatable bonds is 4. The third-order valence-corrected chi connectivity index (χ3v) is 4.12. The summed E-state index contributed by atoms with van der Waals surface area (Å²) in [6, 6.07) is 0.510. The van der Waals surface area contributed by atoms with Crippen LogP contribution in [-0.4, -0.2) is 24.4 Å². The first kappa shape index (κ1) is 12.7. The number of aromatic nitrogens is 4. The van der Waals surface area contributed by atoms with Gasteiger partial charge >= 0.3 is 0 Å². The van der Waals surface area contributed by atoms with Gasteiger partial charge in [0.2, 0.25) is 0 Å². The third kappa shape index (κ3) is 2.28. The van der Waals surface area contributed by atoms with Gasteiger partial charge in [-0.2, -0.15) is 5.10 Å². The standard InChI is InChI=1S/C13H17ClN4O/c1-8-13(14)10(17(2)16-8)5-12(19)11-6-15-7-18(11)9-3-4-9/h6-7,9,12,19H,3-5H2,1-2H3. The fraction of sp³-hybridized carbons (Fsp3) is 0.538. The minimum Gasteiger partial charge on any atom is -0.386 e. The summed E-state index contributed by atoms with van der Waals surface area (Å²) in [5.74, 6) is 0. The first-order valence-corrected chi connectivity index (χ1v) is 6.83. The molecule has 0 aromatic carbocycles. The van der Waals surface area contributed by atoms with E-state index in [2.05, 4.69) is 14.6 Å². The summed E-state index contributed by atoms with van der Waals surface area (Å²) in [6.45, 7) is 1.87. The lowest BCUT2D eigenvalue weighted by Gasteiger charge is -2.13. The summed E-state index contributed by atoms with van der Waals surface area (Å²) in [7, 11) is 1.85. The number of halogens is 1. The Kier molecular flexibility index (Phi) is 3.11. The number of hydrogen-bond donors (Lipinski definition) is 1. The van der Waals surface area contributed by atoms with Crippen molar-refractivity contribution in [3.8, 4) is 0 Å². The van der Waals surface area contributed by atoms with Crippen LogP contribution in [0.2, 0.25) is 5.02 Å². The molecule has 19 heavy (non-hydrogen) atoms. The zero-order valence-corrected chi connectivity index (χ0v) is 11.8. The molecular formula is C13H17ClN4O. The van der Waals surface area contributed by atoms with Crippen molar-refractivity contribution in [1.82, 2.24) is 19.3 Å². The summed E-state index contributed by atoms with van der Waals surface area (Å²) in [5.41, 5.74) is 2.51. The van der Waals surface area contributed by atoms with Gasteiger partial charge in [-0.3, -0.25) is 4.68 Å². The van der Waals surface area contributed by atoms with E-state index in [0.717, 1.165) is 17.1 Å². The van der Waals surface area contributed by atoms with Gasteiger partial charge < -0.3 is 9.67 Å². The molecular weight excluding hydrogens is 264 g/mol.